The van der Waals surface area contributed by atoms with Gasteiger partial charge in [-0.05, 0) is 42.3 Å². The van der Waals surface area contributed by atoms with Gasteiger partial charge < -0.3 is 9.64 Å². The average molecular weight is 499 g/mol. The Morgan fingerprint density at radius 3 is 2.58 bits per heavy atom. The Hall–Kier alpha value is -3.66. The standard InChI is InChI=1S/C26H25F3N4O3/c1-17-13-22(34)24(30-33(17)21-4-2-3-20(15-21)26(27,28)29)25(35)32-10-8-31(9-11-32)16-18-5-6-23-19(14-18)7-12-36-23/h2-6,13-15H,7-12,16H2,1H3. The average Bonchev–Trinajstić information content (AvgIpc) is 3.32. The molecule has 0 radical (unpaired) electrons. The number of halogens is 3. The fraction of sp³-hybridized carbons (Fsp3) is 0.346. The van der Waals surface area contributed by atoms with Crippen molar-refractivity contribution in [2.75, 3.05) is 32.8 Å². The number of fused-ring (bicyclic) bond motifs is 1. The minimum absolute atomic E-state index is 0.126. The molecule has 0 spiro atoms. The molecule has 0 bridgehead atoms. The Balaban J connectivity index is 1.30. The molecular weight excluding hydrogens is 473 g/mol. The highest BCUT2D eigenvalue weighted by molar-refractivity contribution is 5.92. The van der Waals surface area contributed by atoms with Crippen LogP contribution in [0.1, 0.15) is 32.9 Å². The minimum atomic E-state index is -4.52. The second-order valence-electron chi connectivity index (χ2n) is 9.07. The lowest BCUT2D eigenvalue weighted by atomic mass is 10.1. The monoisotopic (exact) mass is 498 g/mol. The minimum Gasteiger partial charge on any atom is -0.493 e. The van der Waals surface area contributed by atoms with Gasteiger partial charge >= 0.3 is 6.18 Å². The molecule has 2 aromatic carbocycles. The number of aryl methyl sites for hydroxylation is 1. The second-order valence-corrected chi connectivity index (χ2v) is 9.07. The van der Waals surface area contributed by atoms with Gasteiger partial charge in [0.05, 0.1) is 17.9 Å². The Kier molecular flexibility index (Phi) is 6.29. The smallest absolute Gasteiger partial charge is 0.416 e. The summed E-state index contributed by atoms with van der Waals surface area (Å²) in [6.07, 6.45) is -3.61. The number of benzene rings is 2. The highest BCUT2D eigenvalue weighted by Gasteiger charge is 2.31. The summed E-state index contributed by atoms with van der Waals surface area (Å²) in [4.78, 5) is 29.6. The van der Waals surface area contributed by atoms with Gasteiger partial charge in [-0.25, -0.2) is 4.68 Å². The van der Waals surface area contributed by atoms with Crippen molar-refractivity contribution in [2.24, 2.45) is 0 Å². The highest BCUT2D eigenvalue weighted by atomic mass is 19.4. The molecule has 1 aromatic heterocycles. The van der Waals surface area contributed by atoms with E-state index >= 15 is 0 Å². The molecule has 0 saturated carbocycles. The van der Waals surface area contributed by atoms with E-state index in [1.807, 2.05) is 12.1 Å². The van der Waals surface area contributed by atoms with Crippen molar-refractivity contribution in [3.05, 3.63) is 86.8 Å². The van der Waals surface area contributed by atoms with E-state index in [2.05, 4.69) is 16.1 Å². The van der Waals surface area contributed by atoms with E-state index < -0.39 is 23.1 Å². The van der Waals surface area contributed by atoms with Gasteiger partial charge in [-0.2, -0.15) is 18.3 Å². The predicted molar refractivity (Wildman–Crippen MR) is 126 cm³/mol. The summed E-state index contributed by atoms with van der Waals surface area (Å²) in [5.41, 5.74) is 1.17. The summed E-state index contributed by atoms with van der Waals surface area (Å²) >= 11 is 0. The van der Waals surface area contributed by atoms with E-state index in [0.717, 1.165) is 30.8 Å². The number of carbonyl (C=O) groups excluding carboxylic acids is 1. The van der Waals surface area contributed by atoms with Crippen LogP contribution >= 0.6 is 0 Å². The lowest BCUT2D eigenvalue weighted by Gasteiger charge is -2.34. The zero-order valence-corrected chi connectivity index (χ0v) is 19.7. The number of aromatic nitrogens is 2. The number of carbonyl (C=O) groups is 1. The van der Waals surface area contributed by atoms with Crippen molar-refractivity contribution in [3.8, 4) is 11.4 Å². The van der Waals surface area contributed by atoms with Gasteiger partial charge in [0.25, 0.3) is 5.91 Å². The van der Waals surface area contributed by atoms with E-state index in [1.54, 1.807) is 11.8 Å². The molecule has 3 heterocycles. The summed E-state index contributed by atoms with van der Waals surface area (Å²) in [5.74, 6) is 0.422. The molecule has 5 rings (SSSR count). The second kappa shape index (κ2) is 9.42. The van der Waals surface area contributed by atoms with Crippen LogP contribution in [-0.2, 0) is 19.1 Å². The molecule has 1 amide bonds. The number of alkyl halides is 3. The molecule has 188 valence electrons. The van der Waals surface area contributed by atoms with Crippen LogP contribution in [0.5, 0.6) is 5.75 Å². The first-order chi connectivity index (χ1) is 17.2. The number of piperazine rings is 1. The van der Waals surface area contributed by atoms with Crippen LogP contribution in [0.15, 0.2) is 53.3 Å². The van der Waals surface area contributed by atoms with Gasteiger partial charge in [-0.1, -0.05) is 18.2 Å². The lowest BCUT2D eigenvalue weighted by molar-refractivity contribution is -0.137. The van der Waals surface area contributed by atoms with Crippen LogP contribution in [0.25, 0.3) is 5.69 Å². The summed E-state index contributed by atoms with van der Waals surface area (Å²) in [6.45, 7) is 5.13. The van der Waals surface area contributed by atoms with E-state index in [0.29, 0.717) is 38.5 Å². The third-order valence-corrected chi connectivity index (χ3v) is 6.55. The van der Waals surface area contributed by atoms with Crippen LogP contribution in [0.4, 0.5) is 13.2 Å². The van der Waals surface area contributed by atoms with Gasteiger partial charge in [0, 0.05) is 50.9 Å². The molecule has 0 atom stereocenters. The number of hydrogen-bond acceptors (Lipinski definition) is 5. The zero-order valence-electron chi connectivity index (χ0n) is 19.7. The van der Waals surface area contributed by atoms with Crippen LogP contribution in [0.3, 0.4) is 0 Å². The van der Waals surface area contributed by atoms with E-state index in [1.165, 1.54) is 34.0 Å². The predicted octanol–water partition coefficient (Wildman–Crippen LogP) is 3.45. The van der Waals surface area contributed by atoms with E-state index in [-0.39, 0.29) is 11.4 Å². The van der Waals surface area contributed by atoms with Crippen molar-refractivity contribution in [2.45, 2.75) is 26.1 Å². The maximum atomic E-state index is 13.2. The number of ether oxygens (including phenoxy) is 1. The highest BCUT2D eigenvalue weighted by Crippen LogP contribution is 2.30. The van der Waals surface area contributed by atoms with Crippen molar-refractivity contribution in [3.63, 3.8) is 0 Å². The Morgan fingerprint density at radius 1 is 1.06 bits per heavy atom. The van der Waals surface area contributed by atoms with Crippen molar-refractivity contribution >= 4 is 5.91 Å². The SMILES string of the molecule is Cc1cc(=O)c(C(=O)N2CCN(Cc3ccc4c(c3)CCO4)CC2)nn1-c1cccc(C(F)(F)F)c1. The van der Waals surface area contributed by atoms with E-state index in [4.69, 9.17) is 4.74 Å². The molecular formula is C26H25F3N4O3. The van der Waals surface area contributed by atoms with Gasteiger partial charge in [0.2, 0.25) is 5.43 Å². The molecule has 1 saturated heterocycles. The molecule has 0 N–H and O–H groups in total. The fourth-order valence-corrected chi connectivity index (χ4v) is 4.63. The Morgan fingerprint density at radius 2 is 1.83 bits per heavy atom. The maximum Gasteiger partial charge on any atom is 0.416 e. The van der Waals surface area contributed by atoms with Crippen molar-refractivity contribution in [1.82, 2.24) is 19.6 Å². The first-order valence-electron chi connectivity index (χ1n) is 11.7. The molecule has 1 fully saturated rings. The Bertz CT molecular complexity index is 1360. The Labute approximate surface area is 205 Å². The summed E-state index contributed by atoms with van der Waals surface area (Å²) in [7, 11) is 0. The number of rotatable bonds is 4. The summed E-state index contributed by atoms with van der Waals surface area (Å²) in [6, 6.07) is 12.1. The van der Waals surface area contributed by atoms with Crippen LogP contribution in [0.2, 0.25) is 0 Å². The first-order valence-corrected chi connectivity index (χ1v) is 11.7. The summed E-state index contributed by atoms with van der Waals surface area (Å²) in [5, 5.41) is 4.18. The van der Waals surface area contributed by atoms with E-state index in [9.17, 15) is 22.8 Å². The van der Waals surface area contributed by atoms with Gasteiger partial charge in [0.15, 0.2) is 5.69 Å². The molecule has 10 heteroatoms. The van der Waals surface area contributed by atoms with Crippen LogP contribution < -0.4 is 10.2 Å². The van der Waals surface area contributed by atoms with Gasteiger partial charge in [0.1, 0.15) is 5.75 Å². The number of nitrogens with zero attached hydrogens (tertiary/aromatic N) is 4. The molecule has 3 aromatic rings. The topological polar surface area (TPSA) is 67.7 Å². The van der Waals surface area contributed by atoms with Crippen LogP contribution in [0, 0.1) is 6.92 Å². The fourth-order valence-electron chi connectivity index (χ4n) is 4.63. The molecule has 0 aliphatic carbocycles. The van der Waals surface area contributed by atoms with Crippen LogP contribution in [-0.4, -0.2) is 58.3 Å². The molecule has 0 unspecified atom stereocenters. The number of amides is 1. The van der Waals surface area contributed by atoms with Crippen molar-refractivity contribution < 1.29 is 22.7 Å². The normalized spacial score (nSPS) is 16.1. The first kappa shape index (κ1) is 24.1. The van der Waals surface area contributed by atoms with Gasteiger partial charge in [-0.3, -0.25) is 14.5 Å². The maximum absolute atomic E-state index is 13.2. The lowest BCUT2D eigenvalue weighted by Crippen LogP contribution is -2.49. The molecule has 2 aliphatic rings. The molecule has 2 aliphatic heterocycles. The third kappa shape index (κ3) is 4.86. The molecule has 36 heavy (non-hydrogen) atoms. The number of hydrogen-bond donors (Lipinski definition) is 0. The summed E-state index contributed by atoms with van der Waals surface area (Å²) < 4.78 is 46.3. The third-order valence-electron chi connectivity index (χ3n) is 6.55. The van der Waals surface area contributed by atoms with Gasteiger partial charge in [-0.15, -0.1) is 0 Å². The largest absolute Gasteiger partial charge is 0.493 e. The zero-order chi connectivity index (χ0) is 25.4. The van der Waals surface area contributed by atoms with Crippen molar-refractivity contribution in [1.29, 1.82) is 0 Å². The quantitative estimate of drug-likeness (QED) is 0.551. The molecule has 7 nitrogen and oxygen atoms in total.